The predicted octanol–water partition coefficient (Wildman–Crippen LogP) is 1.98. The highest BCUT2D eigenvalue weighted by atomic mass is 16.2. The number of amides is 1. The summed E-state index contributed by atoms with van der Waals surface area (Å²) in [6, 6.07) is 0. The number of carbonyl (C=O) groups is 1. The normalized spacial score (nSPS) is 19.8. The number of likely N-dealkylation sites (tertiary alicyclic amines) is 1. The molecule has 0 spiro atoms. The minimum absolute atomic E-state index is 0.113. The van der Waals surface area contributed by atoms with Crippen LogP contribution in [0.25, 0.3) is 0 Å². The fourth-order valence-electron chi connectivity index (χ4n) is 2.05. The molecule has 0 radical (unpaired) electrons. The number of hydrogen-bond donors (Lipinski definition) is 1. The van der Waals surface area contributed by atoms with Crippen LogP contribution < -0.4 is 0 Å². The molecule has 4 heteroatoms. The number of carbonyl (C=O) groups excluding carboxylic acids is 1. The molecule has 0 bridgehead atoms. The number of piperidine rings is 1. The topological polar surface area (TPSA) is 49.0 Å². The van der Waals surface area contributed by atoms with Crippen molar-refractivity contribution >= 4 is 5.91 Å². The van der Waals surface area contributed by atoms with Crippen LogP contribution in [0.15, 0.2) is 6.20 Å². The van der Waals surface area contributed by atoms with Crippen LogP contribution in [0.2, 0.25) is 0 Å². The van der Waals surface area contributed by atoms with Crippen LogP contribution in [0.4, 0.5) is 0 Å². The third-order valence-electron chi connectivity index (χ3n) is 3.46. The van der Waals surface area contributed by atoms with Gasteiger partial charge in [0.1, 0.15) is 0 Å². The zero-order chi connectivity index (χ0) is 11.8. The molecular weight excluding hydrogens is 202 g/mol. The van der Waals surface area contributed by atoms with Crippen molar-refractivity contribution < 1.29 is 4.79 Å². The van der Waals surface area contributed by atoms with Crippen LogP contribution in [0, 0.1) is 12.3 Å². The molecule has 0 atom stereocenters. The van der Waals surface area contributed by atoms with Gasteiger partial charge in [0.2, 0.25) is 0 Å². The SMILES string of the molecule is Cc1[nH]ncc1C(=O)N1CCC(C)(C)CC1. The largest absolute Gasteiger partial charge is 0.339 e. The number of rotatable bonds is 1. The lowest BCUT2D eigenvalue weighted by Gasteiger charge is -2.36. The maximum Gasteiger partial charge on any atom is 0.257 e. The van der Waals surface area contributed by atoms with Crippen LogP contribution in [0.3, 0.4) is 0 Å². The minimum Gasteiger partial charge on any atom is -0.339 e. The van der Waals surface area contributed by atoms with Gasteiger partial charge in [0, 0.05) is 18.8 Å². The Kier molecular flexibility index (Phi) is 2.74. The number of nitrogens with zero attached hydrogens (tertiary/aromatic N) is 2. The van der Waals surface area contributed by atoms with Gasteiger partial charge in [-0.1, -0.05) is 13.8 Å². The predicted molar refractivity (Wildman–Crippen MR) is 62.2 cm³/mol. The molecule has 16 heavy (non-hydrogen) atoms. The van der Waals surface area contributed by atoms with Crippen LogP contribution in [-0.4, -0.2) is 34.1 Å². The van der Waals surface area contributed by atoms with E-state index in [0.717, 1.165) is 31.6 Å². The van der Waals surface area contributed by atoms with Gasteiger partial charge < -0.3 is 4.90 Å². The van der Waals surface area contributed by atoms with E-state index in [1.165, 1.54) is 0 Å². The Morgan fingerprint density at radius 2 is 2.06 bits per heavy atom. The smallest absolute Gasteiger partial charge is 0.257 e. The molecular formula is C12H19N3O. The molecule has 4 nitrogen and oxygen atoms in total. The van der Waals surface area contributed by atoms with E-state index in [2.05, 4.69) is 24.0 Å². The molecule has 0 unspecified atom stereocenters. The van der Waals surface area contributed by atoms with Crippen molar-refractivity contribution in [2.45, 2.75) is 33.6 Å². The number of aryl methyl sites for hydroxylation is 1. The Bertz CT molecular complexity index is 385. The van der Waals surface area contributed by atoms with Gasteiger partial charge in [-0.3, -0.25) is 9.89 Å². The lowest BCUT2D eigenvalue weighted by atomic mass is 9.82. The van der Waals surface area contributed by atoms with E-state index in [4.69, 9.17) is 0 Å². The first-order valence-electron chi connectivity index (χ1n) is 5.79. The van der Waals surface area contributed by atoms with E-state index < -0.39 is 0 Å². The van der Waals surface area contributed by atoms with Gasteiger partial charge in [-0.05, 0) is 25.2 Å². The molecule has 2 rings (SSSR count). The summed E-state index contributed by atoms with van der Waals surface area (Å²) in [5, 5.41) is 6.70. The summed E-state index contributed by atoms with van der Waals surface area (Å²) in [6.45, 7) is 8.12. The van der Waals surface area contributed by atoms with E-state index in [9.17, 15) is 4.79 Å². The lowest BCUT2D eigenvalue weighted by Crippen LogP contribution is -2.41. The second-order valence-corrected chi connectivity index (χ2v) is 5.37. The highest BCUT2D eigenvalue weighted by Gasteiger charge is 2.29. The summed E-state index contributed by atoms with van der Waals surface area (Å²) in [7, 11) is 0. The molecule has 1 amide bonds. The standard InChI is InChI=1S/C12H19N3O/c1-9-10(8-13-14-9)11(16)15-6-4-12(2,3)5-7-15/h8H,4-7H2,1-3H3,(H,13,14). The van der Waals surface area contributed by atoms with Crippen molar-refractivity contribution in [1.29, 1.82) is 0 Å². The highest BCUT2D eigenvalue weighted by molar-refractivity contribution is 5.95. The molecule has 2 heterocycles. The maximum atomic E-state index is 12.2. The first-order valence-corrected chi connectivity index (χ1v) is 5.79. The fraction of sp³-hybridized carbons (Fsp3) is 0.667. The second-order valence-electron chi connectivity index (χ2n) is 5.37. The van der Waals surface area contributed by atoms with Crippen molar-refractivity contribution in [3.05, 3.63) is 17.5 Å². The van der Waals surface area contributed by atoms with Crippen molar-refractivity contribution in [2.24, 2.45) is 5.41 Å². The van der Waals surface area contributed by atoms with Gasteiger partial charge in [0.05, 0.1) is 11.8 Å². The number of aromatic amines is 1. The average molecular weight is 221 g/mol. The van der Waals surface area contributed by atoms with Crippen molar-refractivity contribution in [2.75, 3.05) is 13.1 Å². The summed E-state index contributed by atoms with van der Waals surface area (Å²) in [5.74, 6) is 0.113. The Morgan fingerprint density at radius 3 is 2.56 bits per heavy atom. The summed E-state index contributed by atoms with van der Waals surface area (Å²) in [6.07, 6.45) is 3.78. The van der Waals surface area contributed by atoms with Crippen molar-refractivity contribution in [3.8, 4) is 0 Å². The lowest BCUT2D eigenvalue weighted by molar-refractivity contribution is 0.0629. The van der Waals surface area contributed by atoms with E-state index in [1.807, 2.05) is 11.8 Å². The number of H-pyrrole nitrogens is 1. The van der Waals surface area contributed by atoms with E-state index in [0.29, 0.717) is 11.0 Å². The molecule has 1 aliphatic rings. The van der Waals surface area contributed by atoms with E-state index in [-0.39, 0.29) is 5.91 Å². The Balaban J connectivity index is 2.05. The summed E-state index contributed by atoms with van der Waals surface area (Å²) < 4.78 is 0. The number of hydrogen-bond acceptors (Lipinski definition) is 2. The second kappa shape index (κ2) is 3.92. The maximum absolute atomic E-state index is 12.2. The molecule has 1 aromatic rings. The summed E-state index contributed by atoms with van der Waals surface area (Å²) in [5.41, 5.74) is 1.94. The van der Waals surface area contributed by atoms with Crippen LogP contribution in [0.1, 0.15) is 42.7 Å². The zero-order valence-electron chi connectivity index (χ0n) is 10.2. The molecule has 1 N–H and O–H groups in total. The molecule has 88 valence electrons. The van der Waals surface area contributed by atoms with Crippen LogP contribution in [0.5, 0.6) is 0 Å². The third-order valence-corrected chi connectivity index (χ3v) is 3.46. The van der Waals surface area contributed by atoms with Crippen LogP contribution >= 0.6 is 0 Å². The highest BCUT2D eigenvalue weighted by Crippen LogP contribution is 2.30. The third kappa shape index (κ3) is 2.10. The first-order chi connectivity index (χ1) is 7.49. The molecule has 1 saturated heterocycles. The Hall–Kier alpha value is -1.32. The molecule has 1 aliphatic heterocycles. The number of aromatic nitrogens is 2. The molecule has 0 saturated carbocycles. The van der Waals surface area contributed by atoms with Gasteiger partial charge in [-0.15, -0.1) is 0 Å². The Morgan fingerprint density at radius 1 is 1.44 bits per heavy atom. The first kappa shape index (κ1) is 11.2. The average Bonchev–Trinajstić information content (AvgIpc) is 2.63. The van der Waals surface area contributed by atoms with E-state index in [1.54, 1.807) is 6.20 Å². The van der Waals surface area contributed by atoms with E-state index >= 15 is 0 Å². The minimum atomic E-state index is 0.113. The molecule has 1 aromatic heterocycles. The van der Waals surface area contributed by atoms with Gasteiger partial charge in [-0.2, -0.15) is 5.10 Å². The summed E-state index contributed by atoms with van der Waals surface area (Å²) in [4.78, 5) is 14.1. The van der Waals surface area contributed by atoms with Crippen molar-refractivity contribution in [3.63, 3.8) is 0 Å². The molecule has 0 aromatic carbocycles. The van der Waals surface area contributed by atoms with Crippen molar-refractivity contribution in [1.82, 2.24) is 15.1 Å². The van der Waals surface area contributed by atoms with Gasteiger partial charge in [0.25, 0.3) is 5.91 Å². The van der Waals surface area contributed by atoms with Crippen LogP contribution in [-0.2, 0) is 0 Å². The fourth-order valence-corrected chi connectivity index (χ4v) is 2.05. The molecule has 1 fully saturated rings. The van der Waals surface area contributed by atoms with Gasteiger partial charge in [0.15, 0.2) is 0 Å². The monoisotopic (exact) mass is 221 g/mol. The van der Waals surface area contributed by atoms with Gasteiger partial charge >= 0.3 is 0 Å². The number of nitrogens with one attached hydrogen (secondary N) is 1. The zero-order valence-corrected chi connectivity index (χ0v) is 10.2. The van der Waals surface area contributed by atoms with Gasteiger partial charge in [-0.25, -0.2) is 0 Å². The Labute approximate surface area is 96.0 Å². The summed E-state index contributed by atoms with van der Waals surface area (Å²) >= 11 is 0. The quantitative estimate of drug-likeness (QED) is 0.788. The molecule has 0 aliphatic carbocycles.